The van der Waals surface area contributed by atoms with Crippen molar-refractivity contribution in [3.05, 3.63) is 58.6 Å². The number of halogens is 1. The molecule has 1 aliphatic heterocycles. The summed E-state index contributed by atoms with van der Waals surface area (Å²) in [6.07, 6.45) is 0. The van der Waals surface area contributed by atoms with Gasteiger partial charge in [0.05, 0.1) is 0 Å². The van der Waals surface area contributed by atoms with Crippen LogP contribution >= 0.6 is 15.9 Å². The number of nitrogens with one attached hydrogen (secondary N) is 2. The van der Waals surface area contributed by atoms with Crippen molar-refractivity contribution in [1.82, 2.24) is 5.32 Å². The molecule has 4 nitrogen and oxygen atoms in total. The molecule has 1 fully saturated rings. The minimum Gasteiger partial charge on any atom is -0.381 e. The third-order valence-corrected chi connectivity index (χ3v) is 3.97. The zero-order valence-corrected chi connectivity index (χ0v) is 13.1. The number of rotatable bonds is 4. The van der Waals surface area contributed by atoms with Crippen LogP contribution in [0.15, 0.2) is 53.0 Å². The lowest BCUT2D eigenvalue weighted by Gasteiger charge is -2.15. The van der Waals surface area contributed by atoms with Crippen molar-refractivity contribution in [2.24, 2.45) is 0 Å². The molecule has 2 amide bonds. The Morgan fingerprint density at radius 2 is 1.81 bits per heavy atom. The van der Waals surface area contributed by atoms with E-state index >= 15 is 0 Å². The van der Waals surface area contributed by atoms with Crippen LogP contribution in [0.25, 0.3) is 0 Å². The van der Waals surface area contributed by atoms with E-state index in [0.29, 0.717) is 6.54 Å². The standard InChI is InChI=1S/C16H16BrN3O/c17-13-3-1-12(2-4-13)11-19-14-5-7-15(8-6-14)20-10-9-18-16(20)21/h1-8,19H,9-11H2,(H,18,21). The Morgan fingerprint density at radius 1 is 1.10 bits per heavy atom. The Labute approximate surface area is 132 Å². The van der Waals surface area contributed by atoms with E-state index in [4.69, 9.17) is 0 Å². The number of nitrogens with zero attached hydrogens (tertiary/aromatic N) is 1. The van der Waals surface area contributed by atoms with Crippen LogP contribution in [0.1, 0.15) is 5.56 Å². The first-order valence-electron chi connectivity index (χ1n) is 6.86. The first-order chi connectivity index (χ1) is 10.2. The molecule has 1 aliphatic rings. The average Bonchev–Trinajstić information content (AvgIpc) is 2.93. The van der Waals surface area contributed by atoms with E-state index in [1.165, 1.54) is 5.56 Å². The fourth-order valence-electron chi connectivity index (χ4n) is 2.28. The van der Waals surface area contributed by atoms with Gasteiger partial charge in [-0.1, -0.05) is 28.1 Å². The van der Waals surface area contributed by atoms with Crippen LogP contribution < -0.4 is 15.5 Å². The maximum absolute atomic E-state index is 11.6. The Hall–Kier alpha value is -2.01. The zero-order valence-electron chi connectivity index (χ0n) is 11.5. The normalized spacial score (nSPS) is 14.1. The molecule has 0 spiro atoms. The smallest absolute Gasteiger partial charge is 0.321 e. The molecule has 0 unspecified atom stereocenters. The molecular formula is C16H16BrN3O. The molecule has 0 aromatic heterocycles. The predicted octanol–water partition coefficient (Wildman–Crippen LogP) is 3.59. The second-order valence-corrected chi connectivity index (χ2v) is 5.83. The number of hydrogen-bond acceptors (Lipinski definition) is 2. The monoisotopic (exact) mass is 345 g/mol. The summed E-state index contributed by atoms with van der Waals surface area (Å²) in [5.41, 5.74) is 3.20. The summed E-state index contributed by atoms with van der Waals surface area (Å²) in [5, 5.41) is 6.18. The van der Waals surface area contributed by atoms with Gasteiger partial charge in [0.1, 0.15) is 0 Å². The molecule has 108 valence electrons. The van der Waals surface area contributed by atoms with Gasteiger partial charge in [-0.15, -0.1) is 0 Å². The van der Waals surface area contributed by atoms with Crippen molar-refractivity contribution >= 4 is 33.3 Å². The maximum atomic E-state index is 11.6. The number of hydrogen-bond donors (Lipinski definition) is 2. The summed E-state index contributed by atoms with van der Waals surface area (Å²) < 4.78 is 1.08. The molecule has 2 aromatic rings. The number of anilines is 2. The summed E-state index contributed by atoms with van der Waals surface area (Å²) in [5.74, 6) is 0. The third kappa shape index (κ3) is 3.36. The van der Waals surface area contributed by atoms with E-state index in [1.54, 1.807) is 4.90 Å². The average molecular weight is 346 g/mol. The van der Waals surface area contributed by atoms with Crippen LogP contribution in [0.4, 0.5) is 16.2 Å². The number of urea groups is 1. The highest BCUT2D eigenvalue weighted by Gasteiger charge is 2.20. The van der Waals surface area contributed by atoms with Gasteiger partial charge in [0, 0.05) is 35.5 Å². The quantitative estimate of drug-likeness (QED) is 0.889. The molecule has 2 N–H and O–H groups in total. The summed E-state index contributed by atoms with van der Waals surface area (Å²) in [4.78, 5) is 13.3. The summed E-state index contributed by atoms with van der Waals surface area (Å²) in [6, 6.07) is 16.1. The molecule has 0 bridgehead atoms. The van der Waals surface area contributed by atoms with Gasteiger partial charge in [0.15, 0.2) is 0 Å². The molecule has 21 heavy (non-hydrogen) atoms. The molecular weight excluding hydrogens is 330 g/mol. The van der Waals surface area contributed by atoms with Crippen molar-refractivity contribution < 1.29 is 4.79 Å². The number of benzene rings is 2. The van der Waals surface area contributed by atoms with Gasteiger partial charge in [0.25, 0.3) is 0 Å². The molecule has 3 rings (SSSR count). The van der Waals surface area contributed by atoms with Crippen molar-refractivity contribution in [1.29, 1.82) is 0 Å². The van der Waals surface area contributed by atoms with E-state index in [2.05, 4.69) is 38.7 Å². The lowest BCUT2D eigenvalue weighted by atomic mass is 10.2. The molecule has 0 radical (unpaired) electrons. The van der Waals surface area contributed by atoms with Crippen LogP contribution in [-0.2, 0) is 6.54 Å². The van der Waals surface area contributed by atoms with E-state index in [0.717, 1.165) is 28.9 Å². The Balaban J connectivity index is 1.62. The topological polar surface area (TPSA) is 44.4 Å². The van der Waals surface area contributed by atoms with Gasteiger partial charge in [-0.2, -0.15) is 0 Å². The zero-order chi connectivity index (χ0) is 14.7. The first kappa shape index (κ1) is 13.9. The summed E-state index contributed by atoms with van der Waals surface area (Å²) >= 11 is 3.43. The van der Waals surface area contributed by atoms with E-state index in [1.807, 2.05) is 36.4 Å². The van der Waals surface area contributed by atoms with Crippen LogP contribution in [0, 0.1) is 0 Å². The molecule has 0 atom stereocenters. The van der Waals surface area contributed by atoms with Crippen LogP contribution in [0.3, 0.4) is 0 Å². The highest BCUT2D eigenvalue weighted by molar-refractivity contribution is 9.10. The Bertz CT molecular complexity index is 625. The highest BCUT2D eigenvalue weighted by Crippen LogP contribution is 2.20. The SMILES string of the molecule is O=C1NCCN1c1ccc(NCc2ccc(Br)cc2)cc1. The van der Waals surface area contributed by atoms with Crippen LogP contribution in [0.5, 0.6) is 0 Å². The summed E-state index contributed by atoms with van der Waals surface area (Å²) in [6.45, 7) is 2.21. The van der Waals surface area contributed by atoms with E-state index in [9.17, 15) is 4.79 Å². The van der Waals surface area contributed by atoms with Gasteiger partial charge in [0.2, 0.25) is 0 Å². The van der Waals surface area contributed by atoms with Crippen LogP contribution in [-0.4, -0.2) is 19.1 Å². The largest absolute Gasteiger partial charge is 0.381 e. The molecule has 0 saturated carbocycles. The summed E-state index contributed by atoms with van der Waals surface area (Å²) in [7, 11) is 0. The third-order valence-electron chi connectivity index (χ3n) is 3.45. The molecule has 1 heterocycles. The van der Waals surface area contributed by atoms with Crippen LogP contribution in [0.2, 0.25) is 0 Å². The number of amides is 2. The van der Waals surface area contributed by atoms with Crippen molar-refractivity contribution in [2.75, 3.05) is 23.3 Å². The lowest BCUT2D eigenvalue weighted by molar-refractivity contribution is 0.252. The molecule has 5 heteroatoms. The highest BCUT2D eigenvalue weighted by atomic mass is 79.9. The second-order valence-electron chi connectivity index (χ2n) is 4.91. The number of carbonyl (C=O) groups excluding carboxylic acids is 1. The van der Waals surface area contributed by atoms with Crippen molar-refractivity contribution in [3.63, 3.8) is 0 Å². The van der Waals surface area contributed by atoms with E-state index in [-0.39, 0.29) is 6.03 Å². The first-order valence-corrected chi connectivity index (χ1v) is 7.65. The molecule has 0 aliphatic carbocycles. The fraction of sp³-hybridized carbons (Fsp3) is 0.188. The van der Waals surface area contributed by atoms with Crippen molar-refractivity contribution in [2.45, 2.75) is 6.54 Å². The van der Waals surface area contributed by atoms with Gasteiger partial charge in [-0.05, 0) is 42.0 Å². The molecule has 1 saturated heterocycles. The van der Waals surface area contributed by atoms with Gasteiger partial charge >= 0.3 is 6.03 Å². The molecule has 2 aromatic carbocycles. The van der Waals surface area contributed by atoms with Crippen molar-refractivity contribution in [3.8, 4) is 0 Å². The number of carbonyl (C=O) groups is 1. The van der Waals surface area contributed by atoms with Gasteiger partial charge in [-0.25, -0.2) is 4.79 Å². The fourth-order valence-corrected chi connectivity index (χ4v) is 2.55. The predicted molar refractivity (Wildman–Crippen MR) is 88.7 cm³/mol. The Morgan fingerprint density at radius 3 is 2.43 bits per heavy atom. The second kappa shape index (κ2) is 6.18. The van der Waals surface area contributed by atoms with E-state index < -0.39 is 0 Å². The maximum Gasteiger partial charge on any atom is 0.321 e. The van der Waals surface area contributed by atoms with Gasteiger partial charge < -0.3 is 10.6 Å². The minimum atomic E-state index is -0.0226. The minimum absolute atomic E-state index is 0.0226. The lowest BCUT2D eigenvalue weighted by Crippen LogP contribution is -2.27. The van der Waals surface area contributed by atoms with Gasteiger partial charge in [-0.3, -0.25) is 4.90 Å². The Kier molecular flexibility index (Phi) is 4.10.